The molecule has 0 bridgehead atoms. The Morgan fingerprint density at radius 2 is 1.32 bits per heavy atom. The molecule has 1 rings (SSSR count). The molecule has 0 unspecified atom stereocenters. The molecule has 1 heterocycles. The first-order valence-electron chi connectivity index (χ1n) is 12.7. The molecule has 1 aromatic rings. The lowest BCUT2D eigenvalue weighted by Gasteiger charge is -2.05. The lowest BCUT2D eigenvalue weighted by Crippen LogP contribution is -2.24. The molecule has 0 fully saturated rings. The van der Waals surface area contributed by atoms with Gasteiger partial charge in [-0.3, -0.25) is 14.3 Å². The molecule has 0 aliphatic rings. The van der Waals surface area contributed by atoms with Crippen molar-refractivity contribution in [1.29, 1.82) is 0 Å². The van der Waals surface area contributed by atoms with Gasteiger partial charge in [0.1, 0.15) is 0 Å². The topological polar surface area (TPSA) is 84.2 Å². The summed E-state index contributed by atoms with van der Waals surface area (Å²) in [6, 6.07) is 0. The summed E-state index contributed by atoms with van der Waals surface area (Å²) in [5.41, 5.74) is 0.488. The van der Waals surface area contributed by atoms with Crippen molar-refractivity contribution in [2.75, 3.05) is 6.54 Å². The Morgan fingerprint density at radius 3 is 1.81 bits per heavy atom. The number of aryl methyl sites for hydroxylation is 1. The predicted molar refractivity (Wildman–Crippen MR) is 126 cm³/mol. The number of hydrogen-bond donors (Lipinski definition) is 2. The monoisotopic (exact) mass is 435 g/mol. The van der Waals surface area contributed by atoms with Crippen LogP contribution < -0.4 is 5.32 Å². The van der Waals surface area contributed by atoms with E-state index < -0.39 is 5.97 Å². The minimum atomic E-state index is -0.870. The van der Waals surface area contributed by atoms with Crippen molar-refractivity contribution in [2.24, 2.45) is 0 Å². The van der Waals surface area contributed by atoms with E-state index in [2.05, 4.69) is 17.3 Å². The summed E-state index contributed by atoms with van der Waals surface area (Å²) >= 11 is 0. The van der Waals surface area contributed by atoms with E-state index in [4.69, 9.17) is 5.11 Å². The van der Waals surface area contributed by atoms with Crippen LogP contribution in [0.3, 0.4) is 0 Å². The Hall–Kier alpha value is -1.85. The van der Waals surface area contributed by atoms with Gasteiger partial charge in [-0.1, -0.05) is 103 Å². The van der Waals surface area contributed by atoms with Gasteiger partial charge in [0.25, 0.3) is 5.91 Å². The van der Waals surface area contributed by atoms with E-state index in [1.807, 2.05) is 0 Å². The summed E-state index contributed by atoms with van der Waals surface area (Å²) in [4.78, 5) is 22.7. The SMILES string of the molecule is CCCCCCCCCCCCCCCCCCNC(=O)c1cnn(CCC(=O)O)c1. The number of carboxylic acid groups (broad SMARTS) is 1. The Morgan fingerprint density at radius 1 is 0.839 bits per heavy atom. The van der Waals surface area contributed by atoms with E-state index in [1.54, 1.807) is 6.20 Å². The highest BCUT2D eigenvalue weighted by Crippen LogP contribution is 2.13. The van der Waals surface area contributed by atoms with Gasteiger partial charge in [0.05, 0.1) is 24.7 Å². The van der Waals surface area contributed by atoms with E-state index in [0.717, 1.165) is 12.8 Å². The molecule has 0 saturated carbocycles. The molecule has 0 atom stereocenters. The van der Waals surface area contributed by atoms with Crippen LogP contribution in [0.25, 0.3) is 0 Å². The van der Waals surface area contributed by atoms with Crippen molar-refractivity contribution in [3.63, 3.8) is 0 Å². The molecule has 178 valence electrons. The Kier molecular flexibility index (Phi) is 16.6. The summed E-state index contributed by atoms with van der Waals surface area (Å²) in [7, 11) is 0. The van der Waals surface area contributed by atoms with Gasteiger partial charge in [0, 0.05) is 12.7 Å². The molecule has 0 saturated heterocycles. The summed E-state index contributed by atoms with van der Waals surface area (Å²) in [6.45, 7) is 3.23. The number of nitrogens with zero attached hydrogens (tertiary/aromatic N) is 2. The molecule has 6 heteroatoms. The maximum absolute atomic E-state index is 12.1. The standard InChI is InChI=1S/C25H45N3O3/c1-2-3-4-5-6-7-8-9-10-11-12-13-14-15-16-17-19-26-25(31)23-21-27-28(22-23)20-18-24(29)30/h21-22H,2-20H2,1H3,(H,26,31)(H,29,30). The second-order valence-electron chi connectivity index (χ2n) is 8.70. The van der Waals surface area contributed by atoms with Crippen molar-refractivity contribution in [3.05, 3.63) is 18.0 Å². The number of aromatic nitrogens is 2. The van der Waals surface area contributed by atoms with E-state index >= 15 is 0 Å². The predicted octanol–water partition coefficient (Wildman–Crippen LogP) is 6.35. The molecule has 0 aliphatic carbocycles. The van der Waals surface area contributed by atoms with E-state index in [-0.39, 0.29) is 18.9 Å². The van der Waals surface area contributed by atoms with Crippen LogP contribution in [-0.4, -0.2) is 33.3 Å². The smallest absolute Gasteiger partial charge is 0.305 e. The number of carbonyl (C=O) groups is 2. The Labute approximate surface area is 189 Å². The highest BCUT2D eigenvalue weighted by molar-refractivity contribution is 5.93. The molecule has 0 spiro atoms. The molecule has 2 N–H and O–H groups in total. The van der Waals surface area contributed by atoms with Crippen LogP contribution in [0, 0.1) is 0 Å². The van der Waals surface area contributed by atoms with Gasteiger partial charge in [-0.2, -0.15) is 5.10 Å². The number of hydrogen-bond acceptors (Lipinski definition) is 3. The normalized spacial score (nSPS) is 11.0. The third kappa shape index (κ3) is 15.6. The lowest BCUT2D eigenvalue weighted by molar-refractivity contribution is -0.137. The number of carbonyl (C=O) groups excluding carboxylic acids is 1. The molecule has 0 aromatic carbocycles. The van der Waals surface area contributed by atoms with Crippen LogP contribution >= 0.6 is 0 Å². The van der Waals surface area contributed by atoms with Gasteiger partial charge in [0.2, 0.25) is 0 Å². The Bertz CT molecular complexity index is 586. The number of aliphatic carboxylic acids is 1. The van der Waals surface area contributed by atoms with Crippen molar-refractivity contribution < 1.29 is 14.7 Å². The first-order valence-corrected chi connectivity index (χ1v) is 12.7. The molecule has 0 aliphatic heterocycles. The van der Waals surface area contributed by atoms with E-state index in [1.165, 1.54) is 101 Å². The number of carboxylic acids is 1. The summed E-state index contributed by atoms with van der Waals surface area (Å²) in [6.07, 6.45) is 24.5. The Balaban J connectivity index is 1.85. The number of rotatable bonds is 21. The third-order valence-corrected chi connectivity index (χ3v) is 5.77. The maximum atomic E-state index is 12.1. The molecule has 1 aromatic heterocycles. The van der Waals surface area contributed by atoms with Crippen molar-refractivity contribution in [2.45, 2.75) is 123 Å². The van der Waals surface area contributed by atoms with Crippen molar-refractivity contribution >= 4 is 11.9 Å². The summed E-state index contributed by atoms with van der Waals surface area (Å²) in [5, 5.41) is 15.6. The molecule has 0 radical (unpaired) electrons. The van der Waals surface area contributed by atoms with E-state index in [0.29, 0.717) is 12.1 Å². The fourth-order valence-electron chi connectivity index (χ4n) is 3.79. The highest BCUT2D eigenvalue weighted by atomic mass is 16.4. The zero-order valence-corrected chi connectivity index (χ0v) is 19.7. The number of unbranched alkanes of at least 4 members (excludes halogenated alkanes) is 15. The maximum Gasteiger partial charge on any atom is 0.305 e. The minimum absolute atomic E-state index is 0.00192. The quantitative estimate of drug-likeness (QED) is 0.220. The first-order chi connectivity index (χ1) is 15.1. The summed E-state index contributed by atoms with van der Waals surface area (Å²) < 4.78 is 1.50. The van der Waals surface area contributed by atoms with Crippen molar-refractivity contribution in [3.8, 4) is 0 Å². The van der Waals surface area contributed by atoms with Gasteiger partial charge in [-0.05, 0) is 6.42 Å². The van der Waals surface area contributed by atoms with Crippen LogP contribution in [0.2, 0.25) is 0 Å². The van der Waals surface area contributed by atoms with Gasteiger partial charge < -0.3 is 10.4 Å². The lowest BCUT2D eigenvalue weighted by atomic mass is 10.0. The summed E-state index contributed by atoms with van der Waals surface area (Å²) in [5.74, 6) is -1.01. The number of amides is 1. The molecular weight excluding hydrogens is 390 g/mol. The van der Waals surface area contributed by atoms with Crippen LogP contribution in [0.15, 0.2) is 12.4 Å². The van der Waals surface area contributed by atoms with Crippen LogP contribution in [0.1, 0.15) is 126 Å². The minimum Gasteiger partial charge on any atom is -0.481 e. The molecular formula is C25H45N3O3. The highest BCUT2D eigenvalue weighted by Gasteiger charge is 2.08. The van der Waals surface area contributed by atoms with E-state index in [9.17, 15) is 9.59 Å². The zero-order valence-electron chi connectivity index (χ0n) is 19.7. The first kappa shape index (κ1) is 27.2. The van der Waals surface area contributed by atoms with Gasteiger partial charge in [-0.25, -0.2) is 0 Å². The average molecular weight is 436 g/mol. The van der Waals surface area contributed by atoms with Crippen LogP contribution in [0.4, 0.5) is 0 Å². The zero-order chi connectivity index (χ0) is 22.6. The number of nitrogens with one attached hydrogen (secondary N) is 1. The third-order valence-electron chi connectivity index (χ3n) is 5.77. The molecule has 31 heavy (non-hydrogen) atoms. The van der Waals surface area contributed by atoms with Gasteiger partial charge in [0.15, 0.2) is 0 Å². The van der Waals surface area contributed by atoms with Crippen LogP contribution in [-0.2, 0) is 11.3 Å². The van der Waals surface area contributed by atoms with Crippen molar-refractivity contribution in [1.82, 2.24) is 15.1 Å². The fraction of sp³-hybridized carbons (Fsp3) is 0.800. The van der Waals surface area contributed by atoms with Crippen LogP contribution in [0.5, 0.6) is 0 Å². The second-order valence-corrected chi connectivity index (χ2v) is 8.70. The second kappa shape index (κ2) is 18.9. The largest absolute Gasteiger partial charge is 0.481 e. The molecule has 1 amide bonds. The average Bonchev–Trinajstić information content (AvgIpc) is 3.23. The fourth-order valence-corrected chi connectivity index (χ4v) is 3.79. The van der Waals surface area contributed by atoms with Gasteiger partial charge >= 0.3 is 5.97 Å². The van der Waals surface area contributed by atoms with Gasteiger partial charge in [-0.15, -0.1) is 0 Å². The molecule has 6 nitrogen and oxygen atoms in total.